The second-order valence-electron chi connectivity index (χ2n) is 5.25. The highest BCUT2D eigenvalue weighted by Gasteiger charge is 2.50. The molecule has 0 fully saturated rings. The molecule has 1 atom stereocenters. The van der Waals surface area contributed by atoms with Gasteiger partial charge < -0.3 is 5.32 Å². The van der Waals surface area contributed by atoms with E-state index >= 15 is 0 Å². The van der Waals surface area contributed by atoms with Gasteiger partial charge in [-0.3, -0.25) is 9.78 Å². The van der Waals surface area contributed by atoms with E-state index in [1.807, 2.05) is 13.0 Å². The van der Waals surface area contributed by atoms with Gasteiger partial charge in [0.2, 0.25) is 5.91 Å². The van der Waals surface area contributed by atoms with Crippen LogP contribution in [0.3, 0.4) is 0 Å². The van der Waals surface area contributed by atoms with Crippen LogP contribution >= 0.6 is 0 Å². The van der Waals surface area contributed by atoms with Crippen molar-refractivity contribution in [2.45, 2.75) is 33.1 Å². The lowest BCUT2D eigenvalue weighted by Crippen LogP contribution is -2.43. The van der Waals surface area contributed by atoms with Crippen molar-refractivity contribution in [1.82, 2.24) is 4.98 Å². The van der Waals surface area contributed by atoms with Gasteiger partial charge in [-0.2, -0.15) is 0 Å². The van der Waals surface area contributed by atoms with E-state index in [9.17, 15) is 4.79 Å². The summed E-state index contributed by atoms with van der Waals surface area (Å²) in [5.74, 6) is 0.0676. The predicted molar refractivity (Wildman–Crippen MR) is 59.7 cm³/mol. The predicted octanol–water partition coefficient (Wildman–Crippen LogP) is 2.34. The first-order chi connectivity index (χ1) is 6.87. The number of hydrogen-bond donors (Lipinski definition) is 1. The van der Waals surface area contributed by atoms with Crippen molar-refractivity contribution >= 4 is 11.6 Å². The summed E-state index contributed by atoms with van der Waals surface area (Å²) in [6, 6.07) is 1.93. The molecule has 0 saturated carbocycles. The van der Waals surface area contributed by atoms with E-state index < -0.39 is 5.41 Å². The lowest BCUT2D eigenvalue weighted by atomic mass is 9.65. The minimum atomic E-state index is -0.467. The average Bonchev–Trinajstić information content (AvgIpc) is 2.40. The summed E-state index contributed by atoms with van der Waals surface area (Å²) in [6.45, 7) is 8.25. The maximum Gasteiger partial charge on any atom is 0.235 e. The number of aromatic nitrogens is 1. The van der Waals surface area contributed by atoms with E-state index in [2.05, 4.69) is 31.1 Å². The molecule has 1 N–H and O–H groups in total. The Kier molecular flexibility index (Phi) is 1.90. The van der Waals surface area contributed by atoms with E-state index in [0.29, 0.717) is 0 Å². The quantitative estimate of drug-likeness (QED) is 0.704. The number of anilines is 1. The molecule has 2 rings (SSSR count). The first-order valence-corrected chi connectivity index (χ1v) is 5.13. The maximum atomic E-state index is 12.1. The number of carbonyl (C=O) groups excluding carboxylic acids is 1. The van der Waals surface area contributed by atoms with Gasteiger partial charge in [0.1, 0.15) is 0 Å². The summed E-state index contributed by atoms with van der Waals surface area (Å²) in [5.41, 5.74) is 1.32. The second kappa shape index (κ2) is 2.81. The molecule has 1 aliphatic heterocycles. The van der Waals surface area contributed by atoms with Crippen LogP contribution in [0, 0.1) is 5.41 Å². The third-order valence-electron chi connectivity index (χ3n) is 3.56. The van der Waals surface area contributed by atoms with Gasteiger partial charge in [0.05, 0.1) is 17.3 Å². The molecule has 1 aromatic heterocycles. The molecular formula is C12H16N2O. The van der Waals surface area contributed by atoms with Gasteiger partial charge in [-0.15, -0.1) is 0 Å². The van der Waals surface area contributed by atoms with Crippen LogP contribution in [-0.4, -0.2) is 10.9 Å². The lowest BCUT2D eigenvalue weighted by Gasteiger charge is -2.36. The number of nitrogens with zero attached hydrogens (tertiary/aromatic N) is 1. The normalized spacial score (nSPS) is 24.9. The molecular weight excluding hydrogens is 188 g/mol. The molecule has 80 valence electrons. The summed E-state index contributed by atoms with van der Waals surface area (Å²) < 4.78 is 0. The first kappa shape index (κ1) is 10.1. The van der Waals surface area contributed by atoms with Crippen LogP contribution in [-0.2, 0) is 10.2 Å². The molecule has 1 aromatic rings. The summed E-state index contributed by atoms with van der Waals surface area (Å²) in [7, 11) is 0. The lowest BCUT2D eigenvalue weighted by molar-refractivity contribution is -0.123. The van der Waals surface area contributed by atoms with E-state index in [0.717, 1.165) is 11.3 Å². The van der Waals surface area contributed by atoms with Crippen LogP contribution in [0.15, 0.2) is 18.5 Å². The number of carbonyl (C=O) groups is 1. The summed E-state index contributed by atoms with van der Waals surface area (Å²) in [6.07, 6.45) is 3.45. The Labute approximate surface area is 89.9 Å². The van der Waals surface area contributed by atoms with Crippen molar-refractivity contribution in [2.24, 2.45) is 5.41 Å². The highest BCUT2D eigenvalue weighted by atomic mass is 16.2. The molecule has 1 unspecified atom stereocenters. The van der Waals surface area contributed by atoms with Gasteiger partial charge >= 0.3 is 0 Å². The Morgan fingerprint density at radius 2 is 2.07 bits per heavy atom. The van der Waals surface area contributed by atoms with Crippen molar-refractivity contribution < 1.29 is 4.79 Å². The van der Waals surface area contributed by atoms with Gasteiger partial charge in [0, 0.05) is 6.20 Å². The maximum absolute atomic E-state index is 12.1. The van der Waals surface area contributed by atoms with Crippen molar-refractivity contribution in [3.05, 3.63) is 24.0 Å². The Balaban J connectivity index is 2.65. The molecule has 1 amide bonds. The van der Waals surface area contributed by atoms with Crippen LogP contribution in [0.25, 0.3) is 0 Å². The molecule has 0 aliphatic carbocycles. The van der Waals surface area contributed by atoms with Gasteiger partial charge in [-0.1, -0.05) is 20.8 Å². The average molecular weight is 204 g/mol. The molecule has 0 aromatic carbocycles. The zero-order valence-electron chi connectivity index (χ0n) is 9.59. The molecule has 0 bridgehead atoms. The Morgan fingerprint density at radius 3 is 2.67 bits per heavy atom. The van der Waals surface area contributed by atoms with E-state index in [1.165, 1.54) is 0 Å². The third-order valence-corrected chi connectivity index (χ3v) is 3.56. The number of fused-ring (bicyclic) bond motifs is 1. The van der Waals surface area contributed by atoms with Crippen molar-refractivity contribution in [2.75, 3.05) is 5.32 Å². The van der Waals surface area contributed by atoms with Crippen LogP contribution in [0.2, 0.25) is 0 Å². The zero-order valence-corrected chi connectivity index (χ0v) is 9.59. The smallest absolute Gasteiger partial charge is 0.235 e. The largest absolute Gasteiger partial charge is 0.324 e. The fraction of sp³-hybridized carbons (Fsp3) is 0.500. The topological polar surface area (TPSA) is 42.0 Å². The van der Waals surface area contributed by atoms with Gasteiger partial charge in [0.25, 0.3) is 0 Å². The fourth-order valence-corrected chi connectivity index (χ4v) is 2.04. The van der Waals surface area contributed by atoms with E-state index in [-0.39, 0.29) is 11.3 Å². The van der Waals surface area contributed by atoms with Crippen LogP contribution in [0.1, 0.15) is 33.3 Å². The molecule has 0 spiro atoms. The molecule has 3 heteroatoms. The molecule has 3 nitrogen and oxygen atoms in total. The highest BCUT2D eigenvalue weighted by molar-refractivity contribution is 6.06. The third kappa shape index (κ3) is 1.19. The number of pyridine rings is 1. The first-order valence-electron chi connectivity index (χ1n) is 5.13. The number of hydrogen-bond acceptors (Lipinski definition) is 2. The van der Waals surface area contributed by atoms with Crippen molar-refractivity contribution in [1.29, 1.82) is 0 Å². The van der Waals surface area contributed by atoms with Crippen molar-refractivity contribution in [3.8, 4) is 0 Å². The van der Waals surface area contributed by atoms with Gasteiger partial charge in [-0.05, 0) is 24.0 Å². The summed E-state index contributed by atoms with van der Waals surface area (Å²) in [5, 5.41) is 2.89. The second-order valence-corrected chi connectivity index (χ2v) is 5.25. The monoisotopic (exact) mass is 204 g/mol. The Bertz CT molecular complexity index is 420. The summed E-state index contributed by atoms with van der Waals surface area (Å²) in [4.78, 5) is 16.1. The minimum absolute atomic E-state index is 0.0676. The standard InChI is InChI=1S/C12H16N2O/c1-11(2,3)12(4)8-5-6-13-7-9(8)14-10(12)15/h5-7H,1-4H3,(H,14,15). The van der Waals surface area contributed by atoms with Gasteiger partial charge in [0.15, 0.2) is 0 Å². The number of nitrogens with one attached hydrogen (secondary N) is 1. The summed E-state index contributed by atoms with van der Waals surface area (Å²) >= 11 is 0. The van der Waals surface area contributed by atoms with Gasteiger partial charge in [-0.25, -0.2) is 0 Å². The SMILES string of the molecule is CC(C)(C)C1(C)C(=O)Nc2cnccc21. The molecule has 2 heterocycles. The molecule has 1 aliphatic rings. The molecule has 0 radical (unpaired) electrons. The van der Waals surface area contributed by atoms with Crippen molar-refractivity contribution in [3.63, 3.8) is 0 Å². The van der Waals surface area contributed by atoms with Crippen LogP contribution in [0.5, 0.6) is 0 Å². The minimum Gasteiger partial charge on any atom is -0.324 e. The Morgan fingerprint density at radius 1 is 1.40 bits per heavy atom. The van der Waals surface area contributed by atoms with E-state index in [1.54, 1.807) is 12.4 Å². The van der Waals surface area contributed by atoms with Crippen LogP contribution in [0.4, 0.5) is 5.69 Å². The fourth-order valence-electron chi connectivity index (χ4n) is 2.04. The van der Waals surface area contributed by atoms with E-state index in [4.69, 9.17) is 0 Å². The number of amides is 1. The highest BCUT2D eigenvalue weighted by Crippen LogP contribution is 2.48. The molecule has 15 heavy (non-hydrogen) atoms. The molecule has 0 saturated heterocycles. The Hall–Kier alpha value is -1.38. The van der Waals surface area contributed by atoms with Crippen LogP contribution < -0.4 is 5.32 Å². The zero-order chi connectivity index (χ0) is 11.3. The number of rotatable bonds is 0.